The average Bonchev–Trinajstić information content (AvgIpc) is 3.13. The molecule has 0 rings (SSSR count). The van der Waals surface area contributed by atoms with Crippen molar-refractivity contribution in [1.82, 2.24) is 0 Å². The van der Waals surface area contributed by atoms with E-state index in [0.29, 0.717) is 132 Å². The number of unbranched alkanes of at least 4 members (excludes halogenated alkanes) is 13. The zero-order valence-electron chi connectivity index (χ0n) is 32.9. The Hall–Kier alpha value is -0.930. The minimum absolute atomic E-state index is 0.247. The zero-order valence-corrected chi connectivity index (χ0v) is 32.9. The summed E-state index contributed by atoms with van der Waals surface area (Å²) in [5.41, 5.74) is 0. The van der Waals surface area contributed by atoms with Crippen LogP contribution in [0.4, 0.5) is 0 Å². The highest BCUT2D eigenvalue weighted by Crippen LogP contribution is 2.13. The van der Waals surface area contributed by atoms with Gasteiger partial charge in [-0.2, -0.15) is 0 Å². The topological polar surface area (TPSA) is 119 Å². The summed E-state index contributed by atoms with van der Waals surface area (Å²) >= 11 is 0. The molecule has 0 saturated carbocycles. The average molecular weight is 739 g/mol. The molecule has 0 aromatic heterocycles. The monoisotopic (exact) mass is 739 g/mol. The molecule has 12 heteroatoms. The maximum atomic E-state index is 11.2. The molecular weight excluding hydrogens is 660 g/mol. The van der Waals surface area contributed by atoms with Crippen LogP contribution >= 0.6 is 0 Å². The third-order valence-electron chi connectivity index (χ3n) is 7.75. The van der Waals surface area contributed by atoms with Gasteiger partial charge >= 0.3 is 5.97 Å². The fourth-order valence-electron chi connectivity index (χ4n) is 4.87. The van der Waals surface area contributed by atoms with Crippen LogP contribution in [-0.2, 0) is 56.9 Å². The van der Waals surface area contributed by atoms with Crippen molar-refractivity contribution in [2.24, 2.45) is 0 Å². The van der Waals surface area contributed by atoms with Gasteiger partial charge < -0.3 is 52.1 Å². The molecule has 0 bridgehead atoms. The van der Waals surface area contributed by atoms with E-state index in [9.17, 15) is 4.79 Å². The van der Waals surface area contributed by atoms with Crippen molar-refractivity contribution in [3.63, 3.8) is 0 Å². The molecule has 0 amide bonds. The van der Waals surface area contributed by atoms with E-state index >= 15 is 0 Å². The van der Waals surface area contributed by atoms with Crippen LogP contribution in [0, 0.1) is 0 Å². The zero-order chi connectivity index (χ0) is 36.8. The minimum Gasteiger partial charge on any atom is -0.466 e. The van der Waals surface area contributed by atoms with E-state index in [1.165, 1.54) is 83.5 Å². The molecule has 0 unspecified atom stereocenters. The third kappa shape index (κ3) is 47.0. The van der Waals surface area contributed by atoms with Gasteiger partial charge in [-0.3, -0.25) is 4.79 Å². The second kappa shape index (κ2) is 47.1. The molecule has 0 aromatic carbocycles. The Labute approximate surface area is 311 Å². The van der Waals surface area contributed by atoms with Gasteiger partial charge in [-0.1, -0.05) is 90.4 Å². The van der Waals surface area contributed by atoms with Crippen molar-refractivity contribution in [2.45, 2.75) is 110 Å². The first-order chi connectivity index (χ1) is 25.3. The molecule has 0 spiro atoms. The highest BCUT2D eigenvalue weighted by atomic mass is 16.6. The second-order valence-electron chi connectivity index (χ2n) is 12.3. The summed E-state index contributed by atoms with van der Waals surface area (Å²) in [7, 11) is 0. The van der Waals surface area contributed by atoms with Gasteiger partial charge in [0.05, 0.1) is 139 Å². The first-order valence-corrected chi connectivity index (χ1v) is 20.2. The van der Waals surface area contributed by atoms with Crippen molar-refractivity contribution < 1.29 is 56.9 Å². The van der Waals surface area contributed by atoms with E-state index in [2.05, 4.69) is 6.92 Å². The van der Waals surface area contributed by atoms with E-state index in [0.717, 1.165) is 13.0 Å². The predicted octanol–water partition coefficient (Wildman–Crippen LogP) is 6.59. The van der Waals surface area contributed by atoms with Gasteiger partial charge in [0.15, 0.2) is 0 Å². The van der Waals surface area contributed by atoms with Crippen molar-refractivity contribution in [3.05, 3.63) is 0 Å². The van der Waals surface area contributed by atoms with Crippen LogP contribution in [0.15, 0.2) is 0 Å². The van der Waals surface area contributed by atoms with Gasteiger partial charge in [0.25, 0.3) is 0 Å². The molecule has 12 nitrogen and oxygen atoms in total. The van der Waals surface area contributed by atoms with Gasteiger partial charge in [-0.05, 0) is 13.3 Å². The van der Waals surface area contributed by atoms with Crippen LogP contribution in [0.1, 0.15) is 110 Å². The van der Waals surface area contributed by atoms with E-state index in [1.54, 1.807) is 6.92 Å². The molecule has 0 N–H and O–H groups in total. The maximum Gasteiger partial charge on any atom is 0.308 e. The molecule has 0 fully saturated rings. The molecule has 0 aromatic rings. The van der Waals surface area contributed by atoms with E-state index in [4.69, 9.17) is 52.1 Å². The summed E-state index contributed by atoms with van der Waals surface area (Å²) < 4.78 is 59.7. The standard InChI is InChI=1S/C39H78O12/c1-3-5-6-7-8-9-10-11-12-13-14-15-16-17-19-41-21-23-43-25-27-45-29-31-47-33-35-49-37-38-50-36-34-48-32-30-46-28-26-44-24-22-42-20-18-39(40)51-4-2/h3-38H2,1-2H3. The lowest BCUT2D eigenvalue weighted by molar-refractivity contribution is -0.144. The number of rotatable bonds is 46. The molecule has 0 aliphatic carbocycles. The number of carbonyl (C=O) groups excluding carboxylic acids is 1. The van der Waals surface area contributed by atoms with Crippen LogP contribution in [0.2, 0.25) is 0 Å². The summed E-state index contributed by atoms with van der Waals surface area (Å²) in [6.07, 6.45) is 19.5. The Kier molecular flexibility index (Phi) is 46.2. The third-order valence-corrected chi connectivity index (χ3v) is 7.75. The molecule has 0 saturated heterocycles. The normalized spacial score (nSPS) is 11.5. The van der Waals surface area contributed by atoms with Gasteiger partial charge in [0.1, 0.15) is 0 Å². The van der Waals surface area contributed by atoms with Crippen LogP contribution in [0.5, 0.6) is 0 Å². The van der Waals surface area contributed by atoms with E-state index in [-0.39, 0.29) is 12.4 Å². The summed E-state index contributed by atoms with van der Waals surface area (Å²) in [6, 6.07) is 0. The highest BCUT2D eigenvalue weighted by molar-refractivity contribution is 5.69. The smallest absolute Gasteiger partial charge is 0.308 e. The van der Waals surface area contributed by atoms with Crippen molar-refractivity contribution in [1.29, 1.82) is 0 Å². The molecule has 51 heavy (non-hydrogen) atoms. The van der Waals surface area contributed by atoms with Gasteiger partial charge in [-0.25, -0.2) is 0 Å². The van der Waals surface area contributed by atoms with Crippen LogP contribution in [0.3, 0.4) is 0 Å². The highest BCUT2D eigenvalue weighted by Gasteiger charge is 2.01. The largest absolute Gasteiger partial charge is 0.466 e. The predicted molar refractivity (Wildman–Crippen MR) is 200 cm³/mol. The Morgan fingerprint density at radius 1 is 0.294 bits per heavy atom. The van der Waals surface area contributed by atoms with Crippen LogP contribution in [0.25, 0.3) is 0 Å². The molecule has 0 aliphatic rings. The molecular formula is C39H78O12. The number of hydrogen-bond donors (Lipinski definition) is 0. The number of esters is 1. The van der Waals surface area contributed by atoms with Gasteiger partial charge in [-0.15, -0.1) is 0 Å². The van der Waals surface area contributed by atoms with Crippen molar-refractivity contribution in [2.75, 3.05) is 139 Å². The SMILES string of the molecule is CCCCCCCCCCCCCCCCOCCOCCOCCOCCOCCOCCOCCOCCOCCOCCC(=O)OCC. The first-order valence-electron chi connectivity index (χ1n) is 20.2. The Bertz CT molecular complexity index is 643. The van der Waals surface area contributed by atoms with Crippen LogP contribution < -0.4 is 0 Å². The van der Waals surface area contributed by atoms with E-state index < -0.39 is 0 Å². The summed E-state index contributed by atoms with van der Waals surface area (Å²) in [6.45, 7) is 15.0. The summed E-state index contributed by atoms with van der Waals surface area (Å²) in [5, 5.41) is 0. The Morgan fingerprint density at radius 3 is 0.804 bits per heavy atom. The van der Waals surface area contributed by atoms with Crippen molar-refractivity contribution in [3.8, 4) is 0 Å². The van der Waals surface area contributed by atoms with Crippen molar-refractivity contribution >= 4 is 5.97 Å². The Morgan fingerprint density at radius 2 is 0.529 bits per heavy atom. The molecule has 0 heterocycles. The number of hydrogen-bond acceptors (Lipinski definition) is 12. The molecule has 0 aliphatic heterocycles. The minimum atomic E-state index is -0.247. The van der Waals surface area contributed by atoms with E-state index in [1.807, 2.05) is 0 Å². The first kappa shape index (κ1) is 50.1. The Balaban J connectivity index is 3.06. The lowest BCUT2D eigenvalue weighted by Gasteiger charge is -2.09. The quantitative estimate of drug-likeness (QED) is 0.0496. The molecule has 306 valence electrons. The maximum absolute atomic E-state index is 11.2. The van der Waals surface area contributed by atoms with Gasteiger partial charge in [0, 0.05) is 6.61 Å². The second-order valence-corrected chi connectivity index (χ2v) is 12.3. The molecule has 0 atom stereocenters. The fraction of sp³-hybridized carbons (Fsp3) is 0.974. The lowest BCUT2D eigenvalue weighted by Crippen LogP contribution is -2.15. The van der Waals surface area contributed by atoms with Gasteiger partial charge in [0.2, 0.25) is 0 Å². The number of ether oxygens (including phenoxy) is 11. The molecule has 0 radical (unpaired) electrons. The van der Waals surface area contributed by atoms with Crippen LogP contribution in [-0.4, -0.2) is 145 Å². The lowest BCUT2D eigenvalue weighted by atomic mass is 10.0. The fourth-order valence-corrected chi connectivity index (χ4v) is 4.87. The summed E-state index contributed by atoms with van der Waals surface area (Å²) in [5.74, 6) is -0.247. The number of carbonyl (C=O) groups is 1. The summed E-state index contributed by atoms with van der Waals surface area (Å²) in [4.78, 5) is 11.2.